The van der Waals surface area contributed by atoms with E-state index in [1.807, 2.05) is 30.3 Å². The molecule has 28 heavy (non-hydrogen) atoms. The van der Waals surface area contributed by atoms with Gasteiger partial charge in [-0.25, -0.2) is 8.42 Å². The van der Waals surface area contributed by atoms with Crippen LogP contribution in [-0.4, -0.2) is 31.8 Å². The highest BCUT2D eigenvalue weighted by Gasteiger charge is 2.28. The van der Waals surface area contributed by atoms with Gasteiger partial charge in [-0.2, -0.15) is 0 Å². The van der Waals surface area contributed by atoms with E-state index in [2.05, 4.69) is 10.5 Å². The van der Waals surface area contributed by atoms with Crippen molar-refractivity contribution in [1.82, 2.24) is 5.16 Å². The molecule has 3 aromatic rings. The fourth-order valence-corrected chi connectivity index (χ4v) is 4.73. The number of carbonyl (C=O) groups is 1. The van der Waals surface area contributed by atoms with E-state index >= 15 is 0 Å². The molecule has 0 saturated carbocycles. The predicted molar refractivity (Wildman–Crippen MR) is 106 cm³/mol. The fourth-order valence-electron chi connectivity index (χ4n) is 3.17. The number of nitrogens with zero attached hydrogens (tertiary/aromatic N) is 2. The first-order valence-electron chi connectivity index (χ1n) is 8.93. The Bertz CT molecular complexity index is 1090. The molecule has 0 spiro atoms. The molecule has 1 saturated heterocycles. The van der Waals surface area contributed by atoms with Gasteiger partial charge in [0.25, 0.3) is 0 Å². The van der Waals surface area contributed by atoms with Crippen molar-refractivity contribution in [2.24, 2.45) is 0 Å². The molecule has 1 fully saturated rings. The van der Waals surface area contributed by atoms with Crippen molar-refractivity contribution in [2.75, 3.05) is 21.9 Å². The molecular weight excluding hydrogens is 378 g/mol. The summed E-state index contributed by atoms with van der Waals surface area (Å²) in [7, 11) is -3.26. The van der Waals surface area contributed by atoms with E-state index in [9.17, 15) is 13.2 Å². The largest absolute Gasteiger partial charge is 0.356 e. The number of nitrogens with one attached hydrogen (secondary N) is 1. The van der Waals surface area contributed by atoms with Crippen molar-refractivity contribution in [3.63, 3.8) is 0 Å². The number of hydrogen-bond donors (Lipinski definition) is 1. The van der Waals surface area contributed by atoms with Gasteiger partial charge in [0.1, 0.15) is 0 Å². The van der Waals surface area contributed by atoms with Crippen LogP contribution in [0, 0.1) is 0 Å². The zero-order chi connectivity index (χ0) is 19.6. The van der Waals surface area contributed by atoms with Crippen molar-refractivity contribution in [1.29, 1.82) is 0 Å². The minimum absolute atomic E-state index is 0.0581. The second-order valence-corrected chi connectivity index (χ2v) is 8.58. The fraction of sp³-hybridized carbons (Fsp3) is 0.200. The molecule has 1 amide bonds. The van der Waals surface area contributed by atoms with Crippen molar-refractivity contribution in [3.05, 3.63) is 66.4 Å². The summed E-state index contributed by atoms with van der Waals surface area (Å²) < 4.78 is 30.8. The zero-order valence-corrected chi connectivity index (χ0v) is 15.9. The summed E-state index contributed by atoms with van der Waals surface area (Å²) in [6.07, 6.45) is 0.664. The van der Waals surface area contributed by atoms with Crippen LogP contribution in [0.5, 0.6) is 0 Å². The lowest BCUT2D eigenvalue weighted by molar-refractivity contribution is -0.115. The molecule has 7 nitrogen and oxygen atoms in total. The van der Waals surface area contributed by atoms with Gasteiger partial charge in [0.15, 0.2) is 5.76 Å². The summed E-state index contributed by atoms with van der Waals surface area (Å²) in [6, 6.07) is 18.1. The third-order valence-corrected chi connectivity index (χ3v) is 6.35. The Labute approximate surface area is 163 Å². The Hall–Kier alpha value is -3.13. The number of aromatic nitrogens is 1. The van der Waals surface area contributed by atoms with Gasteiger partial charge in [0.05, 0.1) is 23.6 Å². The number of anilines is 2. The highest BCUT2D eigenvalue weighted by Crippen LogP contribution is 2.26. The molecule has 1 N–H and O–H groups in total. The topological polar surface area (TPSA) is 92.5 Å². The Kier molecular flexibility index (Phi) is 4.87. The van der Waals surface area contributed by atoms with E-state index in [1.165, 1.54) is 4.31 Å². The number of benzene rings is 2. The van der Waals surface area contributed by atoms with Crippen molar-refractivity contribution >= 4 is 27.3 Å². The van der Waals surface area contributed by atoms with Gasteiger partial charge in [0.2, 0.25) is 15.9 Å². The van der Waals surface area contributed by atoms with Crippen LogP contribution >= 0.6 is 0 Å². The molecule has 0 bridgehead atoms. The third-order valence-electron chi connectivity index (χ3n) is 4.48. The summed E-state index contributed by atoms with van der Waals surface area (Å²) in [5.41, 5.74) is 2.51. The summed E-state index contributed by atoms with van der Waals surface area (Å²) in [5.74, 6) is 0.499. The molecule has 0 unspecified atom stereocenters. The number of sulfonamides is 1. The summed E-state index contributed by atoms with van der Waals surface area (Å²) in [4.78, 5) is 12.4. The second kappa shape index (κ2) is 7.47. The normalized spacial score (nSPS) is 15.5. The molecule has 0 atom stereocenters. The lowest BCUT2D eigenvalue weighted by Gasteiger charge is -2.17. The molecule has 2 aromatic carbocycles. The molecule has 1 aliphatic heterocycles. The van der Waals surface area contributed by atoms with Crippen molar-refractivity contribution in [3.8, 4) is 11.3 Å². The molecule has 4 rings (SSSR count). The van der Waals surface area contributed by atoms with Crippen LogP contribution in [-0.2, 0) is 21.2 Å². The van der Waals surface area contributed by atoms with Gasteiger partial charge in [-0.15, -0.1) is 0 Å². The minimum Gasteiger partial charge on any atom is -0.356 e. The number of amides is 1. The smallest absolute Gasteiger partial charge is 0.235 e. The Morgan fingerprint density at radius 1 is 1.11 bits per heavy atom. The van der Waals surface area contributed by atoms with Gasteiger partial charge in [-0.05, 0) is 24.6 Å². The van der Waals surface area contributed by atoms with Gasteiger partial charge in [-0.3, -0.25) is 9.10 Å². The monoisotopic (exact) mass is 397 g/mol. The quantitative estimate of drug-likeness (QED) is 0.714. The first-order chi connectivity index (χ1) is 13.5. The SMILES string of the molecule is O=C(Cc1cc(-c2ccccc2)on1)Nc1cccc(N2CCCS2(=O)=O)c1. The van der Waals surface area contributed by atoms with Crippen molar-refractivity contribution < 1.29 is 17.7 Å². The van der Waals surface area contributed by atoms with E-state index in [4.69, 9.17) is 4.52 Å². The lowest BCUT2D eigenvalue weighted by Crippen LogP contribution is -2.25. The van der Waals surface area contributed by atoms with Crippen molar-refractivity contribution in [2.45, 2.75) is 12.8 Å². The maximum absolute atomic E-state index is 12.4. The molecule has 1 aliphatic rings. The maximum Gasteiger partial charge on any atom is 0.235 e. The highest BCUT2D eigenvalue weighted by molar-refractivity contribution is 7.93. The second-order valence-electron chi connectivity index (χ2n) is 6.57. The van der Waals surface area contributed by atoms with Gasteiger partial charge in [-0.1, -0.05) is 41.6 Å². The first-order valence-corrected chi connectivity index (χ1v) is 10.5. The van der Waals surface area contributed by atoms with Crippen LogP contribution in [0.2, 0.25) is 0 Å². The van der Waals surface area contributed by atoms with E-state index in [1.54, 1.807) is 30.3 Å². The predicted octanol–water partition coefficient (Wildman–Crippen LogP) is 3.06. The Morgan fingerprint density at radius 2 is 1.93 bits per heavy atom. The van der Waals surface area contributed by atoms with Crippen LogP contribution in [0.1, 0.15) is 12.1 Å². The average molecular weight is 397 g/mol. The van der Waals surface area contributed by atoms with Crippen LogP contribution < -0.4 is 9.62 Å². The van der Waals surface area contributed by atoms with Crippen LogP contribution in [0.3, 0.4) is 0 Å². The third kappa shape index (κ3) is 3.91. The van der Waals surface area contributed by atoms with Gasteiger partial charge < -0.3 is 9.84 Å². The van der Waals surface area contributed by atoms with E-state index in [0.717, 1.165) is 5.56 Å². The van der Waals surface area contributed by atoms with Gasteiger partial charge >= 0.3 is 0 Å². The number of hydrogen-bond acceptors (Lipinski definition) is 5. The highest BCUT2D eigenvalue weighted by atomic mass is 32.2. The average Bonchev–Trinajstić information content (AvgIpc) is 3.28. The van der Waals surface area contributed by atoms with Gasteiger partial charge in [0, 0.05) is 23.9 Å². The molecule has 144 valence electrons. The van der Waals surface area contributed by atoms with E-state index in [0.29, 0.717) is 35.8 Å². The van der Waals surface area contributed by atoms with Crippen LogP contribution in [0.25, 0.3) is 11.3 Å². The summed E-state index contributed by atoms with van der Waals surface area (Å²) in [5, 5.41) is 6.74. The standard InChI is InChI=1S/C20H19N3O4S/c24-20(14-17-13-19(27-22-17)15-6-2-1-3-7-15)21-16-8-4-9-18(12-16)23-10-5-11-28(23,25)26/h1-4,6-9,12-13H,5,10-11,14H2,(H,21,24). The Morgan fingerprint density at radius 3 is 2.68 bits per heavy atom. The molecule has 1 aromatic heterocycles. The number of carbonyl (C=O) groups excluding carboxylic acids is 1. The molecule has 0 aliphatic carbocycles. The van der Waals surface area contributed by atoms with E-state index < -0.39 is 10.0 Å². The molecule has 2 heterocycles. The number of rotatable bonds is 5. The van der Waals surface area contributed by atoms with E-state index in [-0.39, 0.29) is 18.1 Å². The summed E-state index contributed by atoms with van der Waals surface area (Å²) in [6.45, 7) is 0.459. The summed E-state index contributed by atoms with van der Waals surface area (Å²) >= 11 is 0. The molecule has 8 heteroatoms. The minimum atomic E-state index is -3.26. The first kappa shape index (κ1) is 18.2. The van der Waals surface area contributed by atoms with Crippen LogP contribution in [0.4, 0.5) is 11.4 Å². The lowest BCUT2D eigenvalue weighted by atomic mass is 10.1. The van der Waals surface area contributed by atoms with Crippen LogP contribution in [0.15, 0.2) is 65.2 Å². The maximum atomic E-state index is 12.4. The molecule has 0 radical (unpaired) electrons. The zero-order valence-electron chi connectivity index (χ0n) is 15.0. The molecular formula is C20H19N3O4S. The Balaban J connectivity index is 1.43.